The van der Waals surface area contributed by atoms with Gasteiger partial charge in [-0.3, -0.25) is 0 Å². The molecular weight excluding hydrogens is 254 g/mol. The number of nitrogens with one attached hydrogen (secondary N) is 1. The molecule has 106 valence electrons. The van der Waals surface area contributed by atoms with Crippen LogP contribution in [0, 0.1) is 0 Å². The second-order valence-electron chi connectivity index (χ2n) is 5.95. The predicted octanol–water partition coefficient (Wildman–Crippen LogP) is 2.44. The third kappa shape index (κ3) is 3.19. The third-order valence-electron chi connectivity index (χ3n) is 4.32. The summed E-state index contributed by atoms with van der Waals surface area (Å²) in [4.78, 5) is 5.56. The minimum Gasteiger partial charge on any atom is -0.304 e. The first kappa shape index (κ1) is 13.6. The average molecular weight is 279 g/mol. The lowest BCUT2D eigenvalue weighted by molar-refractivity contribution is 0.0905. The van der Waals surface area contributed by atoms with Gasteiger partial charge in [0.15, 0.2) is 0 Å². The van der Waals surface area contributed by atoms with Crippen molar-refractivity contribution in [2.24, 2.45) is 0 Å². The Hall–Kier alpha value is -0.420. The van der Waals surface area contributed by atoms with Gasteiger partial charge < -0.3 is 4.90 Å². The summed E-state index contributed by atoms with van der Waals surface area (Å²) in [5.74, 6) is 0. The van der Waals surface area contributed by atoms with Crippen LogP contribution in [0.4, 0.5) is 0 Å². The Morgan fingerprint density at radius 2 is 1.89 bits per heavy atom. The van der Waals surface area contributed by atoms with E-state index in [9.17, 15) is 0 Å². The molecule has 2 heterocycles. The Labute approximate surface area is 120 Å². The molecule has 19 heavy (non-hydrogen) atoms. The van der Waals surface area contributed by atoms with E-state index < -0.39 is 0 Å². The van der Waals surface area contributed by atoms with Crippen molar-refractivity contribution in [2.75, 3.05) is 33.2 Å². The van der Waals surface area contributed by atoms with Crippen LogP contribution in [-0.4, -0.2) is 43.1 Å². The highest BCUT2D eigenvalue weighted by atomic mass is 32.1. The average Bonchev–Trinajstić information content (AvgIpc) is 2.85. The highest BCUT2D eigenvalue weighted by Gasteiger charge is 2.19. The van der Waals surface area contributed by atoms with Gasteiger partial charge in [-0.15, -0.1) is 11.3 Å². The van der Waals surface area contributed by atoms with Crippen molar-refractivity contribution in [3.8, 4) is 0 Å². The molecule has 1 saturated heterocycles. The fraction of sp³-hybridized carbons (Fsp3) is 0.733. The van der Waals surface area contributed by atoms with Crippen molar-refractivity contribution < 1.29 is 0 Å². The molecule has 0 spiro atoms. The normalized spacial score (nSPS) is 23.3. The van der Waals surface area contributed by atoms with Crippen LogP contribution in [0.5, 0.6) is 0 Å². The molecule has 2 aliphatic rings. The molecule has 0 amide bonds. The standard InChI is InChI=1S/C15H25N3S/c1-12(16-18-9-7-17(2)8-10-18)15-11-13-5-3-4-6-14(13)19-15/h11-12,16H,3-10H2,1-2H3. The highest BCUT2D eigenvalue weighted by Crippen LogP contribution is 2.32. The molecule has 4 heteroatoms. The van der Waals surface area contributed by atoms with E-state index in [0.717, 1.165) is 13.1 Å². The summed E-state index contributed by atoms with van der Waals surface area (Å²) in [5.41, 5.74) is 5.31. The zero-order valence-electron chi connectivity index (χ0n) is 12.1. The number of rotatable bonds is 3. The molecule has 0 aromatic carbocycles. The maximum atomic E-state index is 3.68. The molecule has 3 rings (SSSR count). The lowest BCUT2D eigenvalue weighted by Gasteiger charge is -2.34. The smallest absolute Gasteiger partial charge is 0.0530 e. The van der Waals surface area contributed by atoms with E-state index in [0.29, 0.717) is 6.04 Å². The van der Waals surface area contributed by atoms with Crippen LogP contribution in [0.25, 0.3) is 0 Å². The zero-order valence-corrected chi connectivity index (χ0v) is 12.9. The summed E-state index contributed by atoms with van der Waals surface area (Å²) in [7, 11) is 2.20. The number of hydrogen-bond donors (Lipinski definition) is 1. The molecule has 1 atom stereocenters. The van der Waals surface area contributed by atoms with E-state index >= 15 is 0 Å². The fourth-order valence-corrected chi connectivity index (χ4v) is 4.25. The molecule has 0 saturated carbocycles. The van der Waals surface area contributed by atoms with Gasteiger partial charge in [0.05, 0.1) is 6.04 Å². The van der Waals surface area contributed by atoms with E-state index in [1.807, 2.05) is 11.3 Å². The molecule has 3 nitrogen and oxygen atoms in total. The Morgan fingerprint density at radius 1 is 1.16 bits per heavy atom. The van der Waals surface area contributed by atoms with Crippen LogP contribution in [0.2, 0.25) is 0 Å². The predicted molar refractivity (Wildman–Crippen MR) is 81.6 cm³/mol. The van der Waals surface area contributed by atoms with Crippen LogP contribution >= 0.6 is 11.3 Å². The van der Waals surface area contributed by atoms with Crippen molar-refractivity contribution in [1.82, 2.24) is 15.3 Å². The van der Waals surface area contributed by atoms with Gasteiger partial charge in [0.1, 0.15) is 0 Å². The minimum absolute atomic E-state index is 0.457. The Balaban J connectivity index is 1.60. The van der Waals surface area contributed by atoms with Gasteiger partial charge in [-0.1, -0.05) is 0 Å². The number of likely N-dealkylation sites (N-methyl/N-ethyl adjacent to an activating group) is 1. The number of fused-ring (bicyclic) bond motifs is 1. The van der Waals surface area contributed by atoms with Crippen LogP contribution in [0.3, 0.4) is 0 Å². The Bertz CT molecular complexity index is 398. The maximum absolute atomic E-state index is 3.68. The number of aryl methyl sites for hydroxylation is 2. The minimum atomic E-state index is 0.457. The number of hydrogen-bond acceptors (Lipinski definition) is 4. The van der Waals surface area contributed by atoms with Gasteiger partial charge in [0, 0.05) is 35.9 Å². The number of nitrogens with zero attached hydrogens (tertiary/aromatic N) is 2. The van der Waals surface area contributed by atoms with Crippen molar-refractivity contribution in [1.29, 1.82) is 0 Å². The lowest BCUT2D eigenvalue weighted by Crippen LogP contribution is -2.51. The monoisotopic (exact) mass is 279 g/mol. The number of thiophene rings is 1. The van der Waals surface area contributed by atoms with E-state index in [-0.39, 0.29) is 0 Å². The van der Waals surface area contributed by atoms with Gasteiger partial charge in [0.25, 0.3) is 0 Å². The van der Waals surface area contributed by atoms with Crippen LogP contribution in [0.15, 0.2) is 6.07 Å². The summed E-state index contributed by atoms with van der Waals surface area (Å²) >= 11 is 2.03. The Kier molecular flexibility index (Phi) is 4.22. The topological polar surface area (TPSA) is 18.5 Å². The van der Waals surface area contributed by atoms with Crippen LogP contribution in [-0.2, 0) is 12.8 Å². The molecule has 0 bridgehead atoms. The zero-order chi connectivity index (χ0) is 13.2. The largest absolute Gasteiger partial charge is 0.304 e. The molecule has 0 radical (unpaired) electrons. The van der Waals surface area contributed by atoms with Crippen molar-refractivity contribution in [2.45, 2.75) is 38.6 Å². The molecule has 1 aliphatic heterocycles. The molecule has 1 aromatic heterocycles. The first-order valence-electron chi connectivity index (χ1n) is 7.53. The summed E-state index contributed by atoms with van der Waals surface area (Å²) < 4.78 is 0. The van der Waals surface area contributed by atoms with E-state index in [2.05, 4.69) is 35.4 Å². The second kappa shape index (κ2) is 5.92. The maximum Gasteiger partial charge on any atom is 0.0530 e. The van der Waals surface area contributed by atoms with Crippen molar-refractivity contribution >= 4 is 11.3 Å². The Morgan fingerprint density at radius 3 is 2.63 bits per heavy atom. The van der Waals surface area contributed by atoms with Gasteiger partial charge >= 0.3 is 0 Å². The molecule has 1 fully saturated rings. The van der Waals surface area contributed by atoms with Crippen molar-refractivity contribution in [3.05, 3.63) is 21.4 Å². The molecule has 1 N–H and O–H groups in total. The summed E-state index contributed by atoms with van der Waals surface area (Å²) in [6, 6.07) is 2.91. The van der Waals surface area contributed by atoms with Gasteiger partial charge in [-0.25, -0.2) is 10.4 Å². The number of hydrazine groups is 1. The first-order valence-corrected chi connectivity index (χ1v) is 8.35. The molecule has 1 aliphatic carbocycles. The second-order valence-corrected chi connectivity index (χ2v) is 7.11. The van der Waals surface area contributed by atoms with E-state index in [4.69, 9.17) is 0 Å². The molecule has 1 unspecified atom stereocenters. The SMILES string of the molecule is CC(NN1CCN(C)CC1)c1cc2c(s1)CCCC2. The number of piperazine rings is 1. The molecular formula is C15H25N3S. The fourth-order valence-electron chi connectivity index (χ4n) is 3.00. The summed E-state index contributed by atoms with van der Waals surface area (Å²) in [6.45, 7) is 6.90. The summed E-state index contributed by atoms with van der Waals surface area (Å²) in [6.07, 6.45) is 5.37. The van der Waals surface area contributed by atoms with Crippen LogP contribution in [0.1, 0.15) is 41.1 Å². The van der Waals surface area contributed by atoms with Gasteiger partial charge in [-0.2, -0.15) is 0 Å². The third-order valence-corrected chi connectivity index (χ3v) is 5.74. The quantitative estimate of drug-likeness (QED) is 0.917. The van der Waals surface area contributed by atoms with E-state index in [1.54, 1.807) is 10.4 Å². The van der Waals surface area contributed by atoms with Crippen molar-refractivity contribution in [3.63, 3.8) is 0 Å². The lowest BCUT2D eigenvalue weighted by atomic mass is 9.99. The summed E-state index contributed by atoms with van der Waals surface area (Å²) in [5, 5.41) is 2.39. The van der Waals surface area contributed by atoms with E-state index in [1.165, 1.54) is 43.6 Å². The van der Waals surface area contributed by atoms with Gasteiger partial charge in [-0.05, 0) is 51.3 Å². The highest BCUT2D eigenvalue weighted by molar-refractivity contribution is 7.12. The van der Waals surface area contributed by atoms with Crippen LogP contribution < -0.4 is 5.43 Å². The van der Waals surface area contributed by atoms with Gasteiger partial charge in [0.2, 0.25) is 0 Å². The molecule has 1 aromatic rings. The first-order chi connectivity index (χ1) is 9.22.